The van der Waals surface area contributed by atoms with Crippen molar-refractivity contribution >= 4 is 17.1 Å². The summed E-state index contributed by atoms with van der Waals surface area (Å²) in [6.45, 7) is 3.21. The molecule has 1 aromatic carbocycles. The van der Waals surface area contributed by atoms with Crippen LogP contribution in [0, 0.1) is 11.7 Å². The van der Waals surface area contributed by atoms with Gasteiger partial charge in [-0.3, -0.25) is 4.98 Å². The van der Waals surface area contributed by atoms with E-state index in [1.165, 1.54) is 18.2 Å². The van der Waals surface area contributed by atoms with Crippen molar-refractivity contribution in [3.05, 3.63) is 65.6 Å². The summed E-state index contributed by atoms with van der Waals surface area (Å²) >= 11 is 0. The van der Waals surface area contributed by atoms with Crippen LogP contribution < -0.4 is 4.74 Å². The van der Waals surface area contributed by atoms with Gasteiger partial charge in [0, 0.05) is 37.8 Å². The van der Waals surface area contributed by atoms with E-state index >= 15 is 0 Å². The summed E-state index contributed by atoms with van der Waals surface area (Å²) in [6.07, 6.45) is 1.76. The van der Waals surface area contributed by atoms with Crippen LogP contribution in [-0.2, 0) is 13.0 Å². The number of nitrogens with zero attached hydrogens (tertiary/aromatic N) is 4. The first-order valence-electron chi connectivity index (χ1n) is 10.8. The van der Waals surface area contributed by atoms with E-state index in [9.17, 15) is 14.3 Å². The lowest BCUT2D eigenvalue weighted by molar-refractivity contribution is 0.133. The molecule has 1 aliphatic heterocycles. The number of methoxy groups -OCH3 is 1. The van der Waals surface area contributed by atoms with Gasteiger partial charge in [0.15, 0.2) is 0 Å². The summed E-state index contributed by atoms with van der Waals surface area (Å²) < 4.78 is 19.7. The Bertz CT molecular complexity index is 1080. The van der Waals surface area contributed by atoms with Crippen molar-refractivity contribution in [2.75, 3.05) is 33.3 Å². The van der Waals surface area contributed by atoms with Gasteiger partial charge in [-0.05, 0) is 36.9 Å². The topological polar surface area (TPSA) is 78.8 Å². The molecular formula is C24H27FN4O3. The first kappa shape index (κ1) is 22.0. The minimum absolute atomic E-state index is 0.257. The van der Waals surface area contributed by atoms with Gasteiger partial charge in [-0.2, -0.15) is 0 Å². The van der Waals surface area contributed by atoms with Crippen LogP contribution in [0.1, 0.15) is 17.5 Å². The first-order valence-corrected chi connectivity index (χ1v) is 10.8. The molecule has 1 atom stereocenters. The summed E-state index contributed by atoms with van der Waals surface area (Å²) in [4.78, 5) is 24.0. The molecule has 4 rings (SSSR count). The molecule has 0 bridgehead atoms. The monoisotopic (exact) mass is 438 g/mol. The second kappa shape index (κ2) is 9.91. The molecule has 0 radical (unpaired) electrons. The average Bonchev–Trinajstić information content (AvgIpc) is 3.25. The molecule has 3 aromatic rings. The lowest BCUT2D eigenvalue weighted by atomic mass is 10.1. The molecule has 1 saturated heterocycles. The Morgan fingerprint density at radius 1 is 1.28 bits per heavy atom. The molecular weight excluding hydrogens is 411 g/mol. The molecule has 1 N–H and O–H groups in total. The van der Waals surface area contributed by atoms with Crippen molar-refractivity contribution in [3.63, 3.8) is 0 Å². The Hall–Kier alpha value is -3.26. The summed E-state index contributed by atoms with van der Waals surface area (Å²) in [5, 5.41) is 9.63. The maximum Gasteiger partial charge on any atom is 0.407 e. The van der Waals surface area contributed by atoms with Crippen molar-refractivity contribution in [1.82, 2.24) is 19.8 Å². The van der Waals surface area contributed by atoms with Crippen molar-refractivity contribution in [1.29, 1.82) is 0 Å². The second-order valence-corrected chi connectivity index (χ2v) is 8.16. The van der Waals surface area contributed by atoms with E-state index < -0.39 is 6.09 Å². The summed E-state index contributed by atoms with van der Waals surface area (Å²) in [6, 6.07) is 13.1. The Balaban J connectivity index is 1.37. The predicted octanol–water partition coefficient (Wildman–Crippen LogP) is 3.82. The van der Waals surface area contributed by atoms with Gasteiger partial charge in [0.2, 0.25) is 5.88 Å². The Labute approximate surface area is 186 Å². The van der Waals surface area contributed by atoms with Gasteiger partial charge in [-0.1, -0.05) is 30.3 Å². The highest BCUT2D eigenvalue weighted by atomic mass is 19.1. The number of fused-ring (bicyclic) bond motifs is 1. The number of likely N-dealkylation sites (tertiary alicyclic amines) is 1. The van der Waals surface area contributed by atoms with E-state index in [0.717, 1.165) is 25.1 Å². The van der Waals surface area contributed by atoms with Crippen molar-refractivity contribution in [2.45, 2.75) is 19.4 Å². The average molecular weight is 439 g/mol. The minimum Gasteiger partial charge on any atom is -0.481 e. The third-order valence-electron chi connectivity index (χ3n) is 5.96. The third kappa shape index (κ3) is 5.13. The lowest BCUT2D eigenvalue weighted by Crippen LogP contribution is -2.35. The maximum atomic E-state index is 14.5. The zero-order valence-corrected chi connectivity index (χ0v) is 18.1. The van der Waals surface area contributed by atoms with Gasteiger partial charge in [0.1, 0.15) is 5.82 Å². The van der Waals surface area contributed by atoms with E-state index in [2.05, 4.69) is 14.9 Å². The number of pyridine rings is 2. The van der Waals surface area contributed by atoms with E-state index in [1.807, 2.05) is 30.3 Å². The standard InChI is InChI=1S/C24H27FN4O3/c1-32-22-8-7-21-23(27-22)19(20(25)13-26-21)10-12-28-11-9-18(14-28)16-29(24(30)31)15-17-5-3-2-4-6-17/h2-8,13,18H,9-12,14-16H2,1H3,(H,30,31)/t18-/m0/s1. The van der Waals surface area contributed by atoms with Crippen molar-refractivity contribution in [2.24, 2.45) is 5.92 Å². The first-order chi connectivity index (χ1) is 15.5. The summed E-state index contributed by atoms with van der Waals surface area (Å²) in [5.74, 6) is 0.320. The largest absolute Gasteiger partial charge is 0.481 e. The number of benzene rings is 1. The molecule has 8 heteroatoms. The van der Waals surface area contributed by atoms with E-state index in [1.54, 1.807) is 12.1 Å². The number of halogens is 1. The SMILES string of the molecule is COc1ccc2ncc(F)c(CCN3CC[C@H](CN(Cc4ccccc4)C(=O)O)C3)c2n1. The van der Waals surface area contributed by atoms with Gasteiger partial charge in [0.05, 0.1) is 24.3 Å². The molecule has 32 heavy (non-hydrogen) atoms. The van der Waals surface area contributed by atoms with Crippen LogP contribution in [0.3, 0.4) is 0 Å². The fourth-order valence-corrected chi connectivity index (χ4v) is 4.29. The van der Waals surface area contributed by atoms with Crippen LogP contribution in [0.15, 0.2) is 48.7 Å². The molecule has 2 aromatic heterocycles. The molecule has 168 valence electrons. The zero-order chi connectivity index (χ0) is 22.5. The van der Waals surface area contributed by atoms with Crippen LogP contribution in [0.4, 0.5) is 9.18 Å². The van der Waals surface area contributed by atoms with E-state index in [-0.39, 0.29) is 11.7 Å². The number of carbonyl (C=O) groups is 1. The van der Waals surface area contributed by atoms with Crippen molar-refractivity contribution in [3.8, 4) is 5.88 Å². The van der Waals surface area contributed by atoms with Gasteiger partial charge in [-0.15, -0.1) is 0 Å². The number of hydrogen-bond acceptors (Lipinski definition) is 5. The van der Waals surface area contributed by atoms with E-state index in [4.69, 9.17) is 4.74 Å². The van der Waals surface area contributed by atoms with Crippen LogP contribution in [0.25, 0.3) is 11.0 Å². The minimum atomic E-state index is -0.905. The molecule has 1 amide bonds. The maximum absolute atomic E-state index is 14.5. The highest BCUT2D eigenvalue weighted by Gasteiger charge is 2.26. The summed E-state index contributed by atoms with van der Waals surface area (Å²) in [7, 11) is 1.53. The highest BCUT2D eigenvalue weighted by molar-refractivity contribution is 5.78. The number of hydrogen-bond donors (Lipinski definition) is 1. The molecule has 0 saturated carbocycles. The second-order valence-electron chi connectivity index (χ2n) is 8.16. The zero-order valence-electron chi connectivity index (χ0n) is 18.1. The Morgan fingerprint density at radius 3 is 2.84 bits per heavy atom. The van der Waals surface area contributed by atoms with Crippen LogP contribution in [0.5, 0.6) is 5.88 Å². The molecule has 1 fully saturated rings. The number of amides is 1. The third-order valence-corrected chi connectivity index (χ3v) is 5.96. The molecule has 0 spiro atoms. The van der Waals surface area contributed by atoms with Crippen LogP contribution in [-0.4, -0.2) is 64.3 Å². The number of carboxylic acid groups (broad SMARTS) is 1. The normalized spacial score (nSPS) is 16.4. The lowest BCUT2D eigenvalue weighted by Gasteiger charge is -2.23. The van der Waals surface area contributed by atoms with Gasteiger partial charge >= 0.3 is 6.09 Å². The van der Waals surface area contributed by atoms with Gasteiger partial charge in [0.25, 0.3) is 0 Å². The number of rotatable bonds is 8. The number of ether oxygens (including phenoxy) is 1. The summed E-state index contributed by atoms with van der Waals surface area (Å²) in [5.41, 5.74) is 2.68. The fourth-order valence-electron chi connectivity index (χ4n) is 4.29. The van der Waals surface area contributed by atoms with Crippen LogP contribution >= 0.6 is 0 Å². The van der Waals surface area contributed by atoms with Crippen LogP contribution in [0.2, 0.25) is 0 Å². The molecule has 3 heterocycles. The highest BCUT2D eigenvalue weighted by Crippen LogP contribution is 2.23. The Morgan fingerprint density at radius 2 is 2.09 bits per heavy atom. The van der Waals surface area contributed by atoms with E-state index in [0.29, 0.717) is 48.5 Å². The Kier molecular flexibility index (Phi) is 6.80. The molecule has 0 unspecified atom stereocenters. The van der Waals surface area contributed by atoms with Gasteiger partial charge in [-0.25, -0.2) is 14.2 Å². The predicted molar refractivity (Wildman–Crippen MR) is 119 cm³/mol. The number of aromatic nitrogens is 2. The fraction of sp³-hybridized carbons (Fsp3) is 0.375. The smallest absolute Gasteiger partial charge is 0.407 e. The van der Waals surface area contributed by atoms with Gasteiger partial charge < -0.3 is 19.6 Å². The molecule has 7 nitrogen and oxygen atoms in total. The molecule has 0 aliphatic carbocycles. The molecule has 1 aliphatic rings. The quantitative estimate of drug-likeness (QED) is 0.576. The van der Waals surface area contributed by atoms with Crippen molar-refractivity contribution < 1.29 is 19.0 Å².